The Kier molecular flexibility index (Phi) is 6.08. The molecule has 0 aliphatic carbocycles. The van der Waals surface area contributed by atoms with E-state index in [1.807, 2.05) is 0 Å². The van der Waals surface area contributed by atoms with Crippen LogP contribution in [0.2, 0.25) is 0 Å². The van der Waals surface area contributed by atoms with Crippen molar-refractivity contribution in [2.45, 2.75) is 53.6 Å². The van der Waals surface area contributed by atoms with Gasteiger partial charge in [0, 0.05) is 25.2 Å². The molecule has 0 radical (unpaired) electrons. The van der Waals surface area contributed by atoms with Crippen LogP contribution in [-0.4, -0.2) is 51.3 Å². The van der Waals surface area contributed by atoms with Crippen molar-refractivity contribution in [1.29, 1.82) is 0 Å². The summed E-state index contributed by atoms with van der Waals surface area (Å²) in [5.41, 5.74) is 1.51. The second-order valence-corrected chi connectivity index (χ2v) is 5.79. The van der Waals surface area contributed by atoms with E-state index in [0.29, 0.717) is 35.7 Å². The summed E-state index contributed by atoms with van der Waals surface area (Å²) < 4.78 is 0. The molecular weight excluding hydrogens is 268 g/mol. The number of hydrogen-bond donors (Lipinski definition) is 2. The van der Waals surface area contributed by atoms with Crippen LogP contribution < -0.4 is 5.32 Å². The first kappa shape index (κ1) is 17.4. The van der Waals surface area contributed by atoms with Crippen LogP contribution in [0.4, 0.5) is 5.82 Å². The topological polar surface area (TPSA) is 78.4 Å². The highest BCUT2D eigenvalue weighted by Crippen LogP contribution is 2.18. The predicted molar refractivity (Wildman–Crippen MR) is 83.9 cm³/mol. The summed E-state index contributed by atoms with van der Waals surface area (Å²) in [6.07, 6.45) is 0. The molecule has 0 fully saturated rings. The zero-order chi connectivity index (χ0) is 16.2. The lowest BCUT2D eigenvalue weighted by atomic mass is 10.1. The molecule has 0 bridgehead atoms. The Balaban J connectivity index is 2.81. The van der Waals surface area contributed by atoms with Gasteiger partial charge >= 0.3 is 5.97 Å². The smallest absolute Gasteiger partial charge is 0.339 e. The Bertz CT molecular complexity index is 493. The molecule has 0 unspecified atom stereocenters. The minimum absolute atomic E-state index is 0.211. The van der Waals surface area contributed by atoms with Gasteiger partial charge in [0.2, 0.25) is 0 Å². The number of rotatable bonds is 7. The number of nitrogens with zero attached hydrogens (tertiary/aromatic N) is 3. The van der Waals surface area contributed by atoms with Gasteiger partial charge in [-0.15, -0.1) is 5.10 Å². The second-order valence-electron chi connectivity index (χ2n) is 5.79. The lowest BCUT2D eigenvalue weighted by Crippen LogP contribution is -2.40. The van der Waals surface area contributed by atoms with Crippen molar-refractivity contribution in [3.05, 3.63) is 16.8 Å². The molecule has 0 atom stereocenters. The van der Waals surface area contributed by atoms with Crippen molar-refractivity contribution < 1.29 is 9.90 Å². The number of hydrogen-bond acceptors (Lipinski definition) is 5. The first-order chi connectivity index (χ1) is 9.75. The molecule has 21 heavy (non-hydrogen) atoms. The number of aromatic carboxylic acids is 1. The maximum absolute atomic E-state index is 11.4. The van der Waals surface area contributed by atoms with Gasteiger partial charge in [-0.2, -0.15) is 5.10 Å². The largest absolute Gasteiger partial charge is 0.478 e. The maximum atomic E-state index is 11.4. The molecule has 0 spiro atoms. The van der Waals surface area contributed by atoms with Gasteiger partial charge in [-0.1, -0.05) is 0 Å². The van der Waals surface area contributed by atoms with Crippen molar-refractivity contribution in [1.82, 2.24) is 15.1 Å². The first-order valence-corrected chi connectivity index (χ1v) is 7.32. The second kappa shape index (κ2) is 7.36. The van der Waals surface area contributed by atoms with Crippen molar-refractivity contribution in [2.24, 2.45) is 0 Å². The van der Waals surface area contributed by atoms with Gasteiger partial charge in [-0.25, -0.2) is 4.79 Å². The summed E-state index contributed by atoms with van der Waals surface area (Å²) in [6.45, 7) is 13.6. The molecule has 0 aliphatic heterocycles. The van der Waals surface area contributed by atoms with Gasteiger partial charge in [0.25, 0.3) is 0 Å². The number of aryl methyl sites for hydroxylation is 1. The molecule has 0 saturated carbocycles. The molecule has 0 aromatic carbocycles. The zero-order valence-electron chi connectivity index (χ0n) is 13.8. The van der Waals surface area contributed by atoms with E-state index < -0.39 is 5.97 Å². The van der Waals surface area contributed by atoms with Gasteiger partial charge in [0.05, 0.1) is 5.69 Å². The normalized spacial score (nSPS) is 11.5. The number of carboxylic acids is 1. The lowest BCUT2D eigenvalue weighted by molar-refractivity contribution is 0.0696. The summed E-state index contributed by atoms with van der Waals surface area (Å²) in [4.78, 5) is 13.7. The molecule has 0 aliphatic rings. The highest BCUT2D eigenvalue weighted by Gasteiger charge is 2.18. The molecule has 6 nitrogen and oxygen atoms in total. The van der Waals surface area contributed by atoms with Crippen molar-refractivity contribution in [3.8, 4) is 0 Å². The van der Waals surface area contributed by atoms with Crippen LogP contribution in [-0.2, 0) is 0 Å². The van der Waals surface area contributed by atoms with E-state index in [-0.39, 0.29) is 5.56 Å². The average Bonchev–Trinajstić information content (AvgIpc) is 2.37. The number of carbonyl (C=O) groups is 1. The maximum Gasteiger partial charge on any atom is 0.339 e. The standard InChI is InChI=1S/C15H26N4O2/c1-9(2)19(10(3)4)8-7-16-14-13(15(20)21)11(5)12(6)17-18-14/h9-10H,7-8H2,1-6H3,(H,16,18)(H,20,21). The summed E-state index contributed by atoms with van der Waals surface area (Å²) in [7, 11) is 0. The molecule has 1 rings (SSSR count). The Morgan fingerprint density at radius 2 is 1.76 bits per heavy atom. The molecule has 1 heterocycles. The summed E-state index contributed by atoms with van der Waals surface area (Å²) in [5.74, 6) is -0.629. The van der Waals surface area contributed by atoms with E-state index in [1.54, 1.807) is 13.8 Å². The van der Waals surface area contributed by atoms with Gasteiger partial charge < -0.3 is 10.4 Å². The van der Waals surface area contributed by atoms with Crippen molar-refractivity contribution in [3.63, 3.8) is 0 Å². The first-order valence-electron chi connectivity index (χ1n) is 7.32. The van der Waals surface area contributed by atoms with Crippen molar-refractivity contribution >= 4 is 11.8 Å². The zero-order valence-corrected chi connectivity index (χ0v) is 13.8. The molecule has 118 valence electrons. The van der Waals surface area contributed by atoms with Crippen LogP contribution >= 0.6 is 0 Å². The van der Waals surface area contributed by atoms with E-state index in [1.165, 1.54) is 0 Å². The SMILES string of the molecule is Cc1nnc(NCCN(C(C)C)C(C)C)c(C(=O)O)c1C. The highest BCUT2D eigenvalue weighted by atomic mass is 16.4. The van der Waals surface area contributed by atoms with Crippen LogP contribution in [0.15, 0.2) is 0 Å². The third-order valence-electron chi connectivity index (χ3n) is 3.66. The summed E-state index contributed by atoms with van der Waals surface area (Å²) in [5, 5.41) is 20.4. The molecule has 0 saturated heterocycles. The number of carboxylic acid groups (broad SMARTS) is 1. The van der Waals surface area contributed by atoms with E-state index in [2.05, 4.69) is 48.1 Å². The lowest BCUT2D eigenvalue weighted by Gasteiger charge is -2.30. The Morgan fingerprint density at radius 3 is 2.24 bits per heavy atom. The number of nitrogens with one attached hydrogen (secondary N) is 1. The fraction of sp³-hybridized carbons (Fsp3) is 0.667. The highest BCUT2D eigenvalue weighted by molar-refractivity contribution is 5.94. The molecular formula is C15H26N4O2. The van der Waals surface area contributed by atoms with Gasteiger partial charge in [-0.05, 0) is 47.1 Å². The van der Waals surface area contributed by atoms with Crippen LogP contribution in [0.1, 0.15) is 49.3 Å². The minimum atomic E-state index is -0.974. The van der Waals surface area contributed by atoms with E-state index in [4.69, 9.17) is 0 Å². The molecule has 1 aromatic heterocycles. The van der Waals surface area contributed by atoms with Gasteiger partial charge in [0.15, 0.2) is 5.82 Å². The predicted octanol–water partition coefficient (Wildman–Crippen LogP) is 2.32. The van der Waals surface area contributed by atoms with Crippen LogP contribution in [0, 0.1) is 13.8 Å². The Labute approximate surface area is 126 Å². The number of aromatic nitrogens is 2. The molecule has 1 aromatic rings. The quantitative estimate of drug-likeness (QED) is 0.803. The monoisotopic (exact) mass is 294 g/mol. The Morgan fingerprint density at radius 1 is 1.19 bits per heavy atom. The van der Waals surface area contributed by atoms with Crippen LogP contribution in [0.3, 0.4) is 0 Å². The fourth-order valence-corrected chi connectivity index (χ4v) is 2.41. The minimum Gasteiger partial charge on any atom is -0.478 e. The fourth-order valence-electron chi connectivity index (χ4n) is 2.41. The summed E-state index contributed by atoms with van der Waals surface area (Å²) in [6, 6.07) is 0.883. The molecule has 6 heteroatoms. The third kappa shape index (κ3) is 4.39. The van der Waals surface area contributed by atoms with E-state index >= 15 is 0 Å². The number of anilines is 1. The van der Waals surface area contributed by atoms with E-state index in [0.717, 1.165) is 6.54 Å². The molecule has 0 amide bonds. The van der Waals surface area contributed by atoms with Gasteiger partial charge in [0.1, 0.15) is 5.56 Å². The van der Waals surface area contributed by atoms with Crippen LogP contribution in [0.25, 0.3) is 0 Å². The average molecular weight is 294 g/mol. The molecule has 2 N–H and O–H groups in total. The van der Waals surface area contributed by atoms with Crippen LogP contribution in [0.5, 0.6) is 0 Å². The third-order valence-corrected chi connectivity index (χ3v) is 3.66. The summed E-state index contributed by atoms with van der Waals surface area (Å²) >= 11 is 0. The van der Waals surface area contributed by atoms with E-state index in [9.17, 15) is 9.90 Å². The Hall–Kier alpha value is -1.69. The van der Waals surface area contributed by atoms with Gasteiger partial charge in [-0.3, -0.25) is 4.90 Å². The van der Waals surface area contributed by atoms with Crippen molar-refractivity contribution in [2.75, 3.05) is 18.4 Å².